The topological polar surface area (TPSA) is 38.9 Å². The first-order valence-electron chi connectivity index (χ1n) is 5.51. The van der Waals surface area contributed by atoms with Crippen molar-refractivity contribution in [2.45, 2.75) is 13.8 Å². The maximum absolute atomic E-state index is 5.18. The van der Waals surface area contributed by atoms with Crippen LogP contribution >= 0.6 is 0 Å². The molecule has 3 heteroatoms. The molecule has 0 radical (unpaired) electrons. The molecule has 2 aromatic heterocycles. The Kier molecular flexibility index (Phi) is 2.18. The molecule has 2 heterocycles. The predicted molar refractivity (Wildman–Crippen MR) is 66.7 cm³/mol. The van der Waals surface area contributed by atoms with E-state index in [-0.39, 0.29) is 0 Å². The monoisotopic (exact) mass is 224 g/mol. The molecular weight excluding hydrogens is 212 g/mol. The van der Waals surface area contributed by atoms with Gasteiger partial charge in [0, 0.05) is 5.56 Å². The van der Waals surface area contributed by atoms with Crippen molar-refractivity contribution in [3.8, 4) is 11.3 Å². The van der Waals surface area contributed by atoms with Crippen molar-refractivity contribution < 1.29 is 4.42 Å². The van der Waals surface area contributed by atoms with Crippen LogP contribution in [-0.4, -0.2) is 9.97 Å². The second-order valence-electron chi connectivity index (χ2n) is 4.25. The van der Waals surface area contributed by atoms with Gasteiger partial charge in [-0.3, -0.25) is 0 Å². The van der Waals surface area contributed by atoms with E-state index < -0.39 is 0 Å². The molecule has 0 amide bonds. The van der Waals surface area contributed by atoms with Gasteiger partial charge in [0.25, 0.3) is 0 Å². The number of hydrogen-bond acceptors (Lipinski definition) is 3. The Morgan fingerprint density at radius 3 is 2.53 bits per heavy atom. The molecule has 0 unspecified atom stereocenters. The molecule has 0 atom stereocenters. The van der Waals surface area contributed by atoms with E-state index in [0.717, 1.165) is 16.8 Å². The Balaban J connectivity index is 2.19. The van der Waals surface area contributed by atoms with Gasteiger partial charge in [-0.25, -0.2) is 4.98 Å². The van der Waals surface area contributed by atoms with Gasteiger partial charge in [0.2, 0.25) is 0 Å². The molecule has 0 bridgehead atoms. The van der Waals surface area contributed by atoms with Crippen LogP contribution in [0.5, 0.6) is 0 Å². The Morgan fingerprint density at radius 1 is 1.00 bits per heavy atom. The molecule has 0 N–H and O–H groups in total. The Hall–Kier alpha value is -2.16. The first kappa shape index (κ1) is 10.0. The SMILES string of the molecule is Cc1cc(C)cc(-c2ccc3ocnc3n2)c1. The largest absolute Gasteiger partial charge is 0.442 e. The highest BCUT2D eigenvalue weighted by Crippen LogP contribution is 2.22. The molecule has 17 heavy (non-hydrogen) atoms. The van der Waals surface area contributed by atoms with Crippen molar-refractivity contribution in [1.29, 1.82) is 0 Å². The van der Waals surface area contributed by atoms with Crippen LogP contribution < -0.4 is 0 Å². The van der Waals surface area contributed by atoms with Gasteiger partial charge in [-0.05, 0) is 38.1 Å². The number of fused-ring (bicyclic) bond motifs is 1. The highest BCUT2D eigenvalue weighted by atomic mass is 16.3. The molecule has 0 saturated carbocycles. The summed E-state index contributed by atoms with van der Waals surface area (Å²) >= 11 is 0. The molecule has 0 fully saturated rings. The number of nitrogens with zero attached hydrogens (tertiary/aromatic N) is 2. The van der Waals surface area contributed by atoms with Gasteiger partial charge in [-0.2, -0.15) is 4.98 Å². The molecule has 0 aliphatic heterocycles. The zero-order valence-corrected chi connectivity index (χ0v) is 9.77. The normalized spacial score (nSPS) is 10.9. The Labute approximate surface area is 99.1 Å². The minimum atomic E-state index is 0.654. The minimum Gasteiger partial charge on any atom is -0.442 e. The van der Waals surface area contributed by atoms with Crippen molar-refractivity contribution in [3.63, 3.8) is 0 Å². The van der Waals surface area contributed by atoms with E-state index in [4.69, 9.17) is 4.42 Å². The van der Waals surface area contributed by atoms with Crippen LogP contribution in [0.1, 0.15) is 11.1 Å². The smallest absolute Gasteiger partial charge is 0.199 e. The molecule has 0 spiro atoms. The van der Waals surface area contributed by atoms with Crippen molar-refractivity contribution in [2.24, 2.45) is 0 Å². The third kappa shape index (κ3) is 1.80. The van der Waals surface area contributed by atoms with Gasteiger partial charge in [0.05, 0.1) is 5.69 Å². The van der Waals surface area contributed by atoms with Crippen molar-refractivity contribution >= 4 is 11.2 Å². The fourth-order valence-electron chi connectivity index (χ4n) is 2.04. The average molecular weight is 224 g/mol. The fraction of sp³-hybridized carbons (Fsp3) is 0.143. The molecule has 0 aliphatic rings. The lowest BCUT2D eigenvalue weighted by molar-refractivity contribution is 0.602. The van der Waals surface area contributed by atoms with E-state index in [9.17, 15) is 0 Å². The van der Waals surface area contributed by atoms with E-state index in [2.05, 4.69) is 42.0 Å². The Bertz CT molecular complexity index is 665. The van der Waals surface area contributed by atoms with Gasteiger partial charge in [-0.15, -0.1) is 0 Å². The van der Waals surface area contributed by atoms with Crippen LogP contribution in [0.4, 0.5) is 0 Å². The summed E-state index contributed by atoms with van der Waals surface area (Å²) in [7, 11) is 0. The number of pyridine rings is 1. The summed E-state index contributed by atoms with van der Waals surface area (Å²) in [5, 5.41) is 0. The first-order chi connectivity index (χ1) is 8.22. The lowest BCUT2D eigenvalue weighted by Gasteiger charge is -2.04. The molecule has 3 rings (SSSR count). The van der Waals surface area contributed by atoms with Crippen LogP contribution in [0, 0.1) is 13.8 Å². The summed E-state index contributed by atoms with van der Waals surface area (Å²) in [6, 6.07) is 10.3. The summed E-state index contributed by atoms with van der Waals surface area (Å²) < 4.78 is 5.18. The number of rotatable bonds is 1. The van der Waals surface area contributed by atoms with Crippen LogP contribution in [0.25, 0.3) is 22.5 Å². The summed E-state index contributed by atoms with van der Waals surface area (Å²) in [4.78, 5) is 8.55. The number of hydrogen-bond donors (Lipinski definition) is 0. The standard InChI is InChI=1S/C14H12N2O/c1-9-5-10(2)7-11(6-9)12-3-4-13-14(16-12)15-8-17-13/h3-8H,1-2H3. The van der Waals surface area contributed by atoms with E-state index in [1.807, 2.05) is 12.1 Å². The maximum atomic E-state index is 5.18. The van der Waals surface area contributed by atoms with Gasteiger partial charge in [0.15, 0.2) is 17.6 Å². The van der Waals surface area contributed by atoms with Crippen molar-refractivity contribution in [2.75, 3.05) is 0 Å². The van der Waals surface area contributed by atoms with Gasteiger partial charge < -0.3 is 4.42 Å². The number of benzene rings is 1. The molecule has 3 aromatic rings. The average Bonchev–Trinajstić information content (AvgIpc) is 2.74. The van der Waals surface area contributed by atoms with Gasteiger partial charge >= 0.3 is 0 Å². The second kappa shape index (κ2) is 3.70. The molecule has 3 nitrogen and oxygen atoms in total. The third-order valence-electron chi connectivity index (χ3n) is 2.71. The van der Waals surface area contributed by atoms with E-state index in [1.54, 1.807) is 0 Å². The van der Waals surface area contributed by atoms with Gasteiger partial charge in [-0.1, -0.05) is 17.2 Å². The maximum Gasteiger partial charge on any atom is 0.199 e. The highest BCUT2D eigenvalue weighted by molar-refractivity contribution is 5.73. The highest BCUT2D eigenvalue weighted by Gasteiger charge is 2.05. The van der Waals surface area contributed by atoms with Crippen molar-refractivity contribution in [1.82, 2.24) is 9.97 Å². The zero-order valence-electron chi connectivity index (χ0n) is 9.77. The number of oxazole rings is 1. The molecule has 84 valence electrons. The zero-order chi connectivity index (χ0) is 11.8. The van der Waals surface area contributed by atoms with E-state index in [0.29, 0.717) is 5.65 Å². The second-order valence-corrected chi connectivity index (χ2v) is 4.25. The minimum absolute atomic E-state index is 0.654. The van der Waals surface area contributed by atoms with Crippen LogP contribution in [0.15, 0.2) is 41.1 Å². The molecular formula is C14H12N2O. The fourth-order valence-corrected chi connectivity index (χ4v) is 2.04. The van der Waals surface area contributed by atoms with Crippen LogP contribution in [0.3, 0.4) is 0 Å². The first-order valence-corrected chi connectivity index (χ1v) is 5.51. The van der Waals surface area contributed by atoms with Gasteiger partial charge in [0.1, 0.15) is 0 Å². The van der Waals surface area contributed by atoms with Crippen LogP contribution in [0.2, 0.25) is 0 Å². The molecule has 0 aliphatic carbocycles. The summed E-state index contributed by atoms with van der Waals surface area (Å²) in [5.74, 6) is 0. The summed E-state index contributed by atoms with van der Waals surface area (Å²) in [6.07, 6.45) is 1.42. The number of aryl methyl sites for hydroxylation is 2. The van der Waals surface area contributed by atoms with Crippen LogP contribution in [-0.2, 0) is 0 Å². The van der Waals surface area contributed by atoms with Crippen molar-refractivity contribution in [3.05, 3.63) is 47.9 Å². The molecule has 1 aromatic carbocycles. The van der Waals surface area contributed by atoms with E-state index in [1.165, 1.54) is 17.5 Å². The summed E-state index contributed by atoms with van der Waals surface area (Å²) in [5.41, 5.74) is 5.90. The third-order valence-corrected chi connectivity index (χ3v) is 2.71. The lowest BCUT2D eigenvalue weighted by Crippen LogP contribution is -1.86. The molecule has 0 saturated heterocycles. The quantitative estimate of drug-likeness (QED) is 0.635. The lowest BCUT2D eigenvalue weighted by atomic mass is 10.0. The van der Waals surface area contributed by atoms with E-state index >= 15 is 0 Å². The summed E-state index contributed by atoms with van der Waals surface area (Å²) in [6.45, 7) is 4.18. The number of aromatic nitrogens is 2. The Morgan fingerprint density at radius 2 is 1.76 bits per heavy atom. The predicted octanol–water partition coefficient (Wildman–Crippen LogP) is 3.51.